The van der Waals surface area contributed by atoms with Crippen LogP contribution in [0.4, 0.5) is 0 Å². The van der Waals surface area contributed by atoms with Crippen LogP contribution in [0.1, 0.15) is 5.69 Å². The minimum absolute atomic E-state index is 0.0175. The van der Waals surface area contributed by atoms with E-state index in [1.54, 1.807) is 29.6 Å². The third kappa shape index (κ3) is 2.41. The van der Waals surface area contributed by atoms with Gasteiger partial charge in [-0.2, -0.15) is 15.4 Å². The highest BCUT2D eigenvalue weighted by Gasteiger charge is 2.09. The fraction of sp³-hybridized carbons (Fsp3) is 0.273. The van der Waals surface area contributed by atoms with Gasteiger partial charge in [-0.05, 0) is 11.4 Å². The molecule has 0 spiro atoms. The fourth-order valence-corrected chi connectivity index (χ4v) is 3.43. The molecule has 0 atom stereocenters. The predicted octanol–water partition coefficient (Wildman–Crippen LogP) is 1.45. The van der Waals surface area contributed by atoms with Crippen molar-refractivity contribution in [2.75, 3.05) is 5.75 Å². The first-order valence-electron chi connectivity index (χ1n) is 5.67. The molecule has 0 saturated heterocycles. The first-order valence-corrected chi connectivity index (χ1v) is 7.54. The summed E-state index contributed by atoms with van der Waals surface area (Å²) >= 11 is 2.98. The summed E-state index contributed by atoms with van der Waals surface area (Å²) in [4.78, 5) is 16.6. The number of aromatic amines is 1. The first-order chi connectivity index (χ1) is 9.25. The second-order valence-electron chi connectivity index (χ2n) is 3.95. The molecule has 6 nitrogen and oxygen atoms in total. The van der Waals surface area contributed by atoms with E-state index in [1.807, 2.05) is 11.4 Å². The summed E-state index contributed by atoms with van der Waals surface area (Å²) in [6.07, 6.45) is 2.49. The molecule has 0 aliphatic heterocycles. The van der Waals surface area contributed by atoms with Crippen LogP contribution in [0.15, 0.2) is 27.6 Å². The zero-order valence-corrected chi connectivity index (χ0v) is 11.8. The minimum Gasteiger partial charge on any atom is -0.290 e. The molecule has 3 aromatic heterocycles. The summed E-state index contributed by atoms with van der Waals surface area (Å²) in [5, 5.41) is 13.0. The van der Waals surface area contributed by atoms with Crippen molar-refractivity contribution in [1.29, 1.82) is 0 Å². The first kappa shape index (κ1) is 12.4. The largest absolute Gasteiger partial charge is 0.290 e. The highest BCUT2D eigenvalue weighted by atomic mass is 32.2. The maximum atomic E-state index is 12.1. The van der Waals surface area contributed by atoms with Gasteiger partial charge in [0.15, 0.2) is 5.16 Å². The molecular formula is C11H11N5OS2. The molecule has 3 rings (SSSR count). The Morgan fingerprint density at radius 3 is 3.21 bits per heavy atom. The van der Waals surface area contributed by atoms with Gasteiger partial charge in [-0.25, -0.2) is 4.98 Å². The molecule has 0 unspecified atom stereocenters. The Morgan fingerprint density at radius 1 is 1.53 bits per heavy atom. The molecule has 1 N–H and O–H groups in total. The normalized spacial score (nSPS) is 11.2. The summed E-state index contributed by atoms with van der Waals surface area (Å²) < 4.78 is 2.31. The van der Waals surface area contributed by atoms with Crippen LogP contribution in [0.25, 0.3) is 10.2 Å². The Kier molecular flexibility index (Phi) is 3.34. The lowest BCUT2D eigenvalue weighted by Gasteiger charge is -2.05. The zero-order chi connectivity index (χ0) is 13.2. The summed E-state index contributed by atoms with van der Waals surface area (Å²) in [5.41, 5.74) is 1.70. The summed E-state index contributed by atoms with van der Waals surface area (Å²) in [6, 6.07) is 1.88. The topological polar surface area (TPSA) is 76.5 Å². The SMILES string of the molecule is Cn1c(SCCc2cn[nH]n2)nc2ccsc2c1=O. The minimum atomic E-state index is 0.0175. The quantitative estimate of drug-likeness (QED) is 0.582. The molecule has 0 aliphatic carbocycles. The van der Waals surface area contributed by atoms with Crippen LogP contribution in [0.3, 0.4) is 0 Å². The molecule has 3 heterocycles. The van der Waals surface area contributed by atoms with Gasteiger partial charge in [-0.15, -0.1) is 11.3 Å². The van der Waals surface area contributed by atoms with Crippen molar-refractivity contribution in [3.63, 3.8) is 0 Å². The predicted molar refractivity (Wildman–Crippen MR) is 75.7 cm³/mol. The van der Waals surface area contributed by atoms with Crippen LogP contribution in [-0.4, -0.2) is 30.7 Å². The summed E-state index contributed by atoms with van der Waals surface area (Å²) in [7, 11) is 1.76. The fourth-order valence-electron chi connectivity index (χ4n) is 1.69. The number of thiophene rings is 1. The number of hydrogen-bond acceptors (Lipinski definition) is 6. The zero-order valence-electron chi connectivity index (χ0n) is 10.2. The molecule has 98 valence electrons. The summed E-state index contributed by atoms with van der Waals surface area (Å²) in [6.45, 7) is 0. The lowest BCUT2D eigenvalue weighted by Crippen LogP contribution is -2.19. The van der Waals surface area contributed by atoms with Gasteiger partial charge in [0.25, 0.3) is 5.56 Å². The number of aryl methyl sites for hydroxylation is 1. The van der Waals surface area contributed by atoms with Gasteiger partial charge in [0, 0.05) is 19.2 Å². The molecule has 0 bridgehead atoms. The average Bonchev–Trinajstić information content (AvgIpc) is 3.06. The Hall–Kier alpha value is -1.67. The molecule has 0 aromatic carbocycles. The standard InChI is InChI=1S/C11H11N5OS2/c1-16-10(17)9-8(3-5-18-9)13-11(16)19-4-2-7-6-12-15-14-7/h3,5-6H,2,4H2,1H3,(H,12,14,15). The molecule has 19 heavy (non-hydrogen) atoms. The highest BCUT2D eigenvalue weighted by Crippen LogP contribution is 2.20. The van der Waals surface area contributed by atoms with E-state index in [1.165, 1.54) is 11.3 Å². The molecule has 0 aliphatic rings. The van der Waals surface area contributed by atoms with Crippen molar-refractivity contribution >= 4 is 33.3 Å². The number of H-pyrrole nitrogens is 1. The Bertz CT molecular complexity index is 746. The third-order valence-corrected chi connectivity index (χ3v) is 4.62. The van der Waals surface area contributed by atoms with E-state index in [9.17, 15) is 4.79 Å². The number of aromatic nitrogens is 5. The monoisotopic (exact) mass is 293 g/mol. The van der Waals surface area contributed by atoms with Gasteiger partial charge in [0.2, 0.25) is 0 Å². The molecule has 0 fully saturated rings. The molecular weight excluding hydrogens is 282 g/mol. The van der Waals surface area contributed by atoms with Crippen molar-refractivity contribution in [2.45, 2.75) is 11.6 Å². The lowest BCUT2D eigenvalue weighted by molar-refractivity contribution is 0.727. The van der Waals surface area contributed by atoms with Crippen LogP contribution in [0.5, 0.6) is 0 Å². The van der Waals surface area contributed by atoms with Gasteiger partial charge < -0.3 is 0 Å². The van der Waals surface area contributed by atoms with Crippen LogP contribution in [0.2, 0.25) is 0 Å². The number of nitrogens with zero attached hydrogens (tertiary/aromatic N) is 4. The second kappa shape index (κ2) is 5.14. The molecule has 0 amide bonds. The van der Waals surface area contributed by atoms with E-state index in [2.05, 4.69) is 20.4 Å². The highest BCUT2D eigenvalue weighted by molar-refractivity contribution is 7.99. The van der Waals surface area contributed by atoms with Gasteiger partial charge in [0.1, 0.15) is 4.70 Å². The maximum absolute atomic E-state index is 12.1. The van der Waals surface area contributed by atoms with Crippen LogP contribution in [-0.2, 0) is 13.5 Å². The van der Waals surface area contributed by atoms with Gasteiger partial charge >= 0.3 is 0 Å². The van der Waals surface area contributed by atoms with Crippen molar-refractivity contribution < 1.29 is 0 Å². The Balaban J connectivity index is 1.80. The van der Waals surface area contributed by atoms with Crippen LogP contribution in [0, 0.1) is 0 Å². The average molecular weight is 293 g/mol. The van der Waals surface area contributed by atoms with Crippen LogP contribution < -0.4 is 5.56 Å². The van der Waals surface area contributed by atoms with E-state index < -0.39 is 0 Å². The Morgan fingerprint density at radius 2 is 2.42 bits per heavy atom. The van der Waals surface area contributed by atoms with Crippen molar-refractivity contribution in [3.05, 3.63) is 33.7 Å². The van der Waals surface area contributed by atoms with Gasteiger partial charge in [-0.1, -0.05) is 11.8 Å². The number of thioether (sulfide) groups is 1. The van der Waals surface area contributed by atoms with Crippen molar-refractivity contribution in [1.82, 2.24) is 25.0 Å². The van der Waals surface area contributed by atoms with E-state index >= 15 is 0 Å². The van der Waals surface area contributed by atoms with E-state index in [-0.39, 0.29) is 5.56 Å². The third-order valence-electron chi connectivity index (χ3n) is 2.70. The number of fused-ring (bicyclic) bond motifs is 1. The molecule has 0 saturated carbocycles. The number of nitrogens with one attached hydrogen (secondary N) is 1. The maximum Gasteiger partial charge on any atom is 0.271 e. The Labute approximate surface area is 116 Å². The molecule has 3 aromatic rings. The lowest BCUT2D eigenvalue weighted by atomic mass is 10.4. The van der Waals surface area contributed by atoms with E-state index in [0.717, 1.165) is 28.5 Å². The van der Waals surface area contributed by atoms with Crippen LogP contribution >= 0.6 is 23.1 Å². The van der Waals surface area contributed by atoms with Crippen molar-refractivity contribution in [2.24, 2.45) is 7.05 Å². The van der Waals surface area contributed by atoms with E-state index in [0.29, 0.717) is 4.70 Å². The smallest absolute Gasteiger partial charge is 0.271 e. The van der Waals surface area contributed by atoms with Gasteiger partial charge in [0.05, 0.1) is 17.4 Å². The number of rotatable bonds is 4. The number of hydrogen-bond donors (Lipinski definition) is 1. The van der Waals surface area contributed by atoms with Crippen molar-refractivity contribution in [3.8, 4) is 0 Å². The molecule has 8 heteroatoms. The molecule has 0 radical (unpaired) electrons. The van der Waals surface area contributed by atoms with E-state index in [4.69, 9.17) is 0 Å². The summed E-state index contributed by atoms with van der Waals surface area (Å²) in [5.74, 6) is 0.808. The van der Waals surface area contributed by atoms with Gasteiger partial charge in [-0.3, -0.25) is 9.36 Å². The second-order valence-corrected chi connectivity index (χ2v) is 5.93.